The Balaban J connectivity index is 2.19. The number of fused-ring (bicyclic) bond motifs is 1. The minimum absolute atomic E-state index is 0.171. The highest BCUT2D eigenvalue weighted by molar-refractivity contribution is 8.19. The second-order valence-corrected chi connectivity index (χ2v) is 4.98. The van der Waals surface area contributed by atoms with E-state index in [-0.39, 0.29) is 5.24 Å². The van der Waals surface area contributed by atoms with Gasteiger partial charge < -0.3 is 10.6 Å². The molecule has 2 heterocycles. The maximum absolute atomic E-state index is 11.3. The van der Waals surface area contributed by atoms with E-state index in [1.165, 1.54) is 0 Å². The zero-order chi connectivity index (χ0) is 12.0. The molecule has 6 heteroatoms. The Hall–Kier alpha value is -1.66. The van der Waals surface area contributed by atoms with Crippen LogP contribution >= 0.6 is 24.0 Å². The van der Waals surface area contributed by atoms with Crippen LogP contribution in [0.4, 0.5) is 4.79 Å². The number of thioether (sulfide) groups is 1. The van der Waals surface area contributed by atoms with Gasteiger partial charge in [0, 0.05) is 11.1 Å². The van der Waals surface area contributed by atoms with Gasteiger partial charge in [0.25, 0.3) is 5.24 Å². The lowest BCUT2D eigenvalue weighted by atomic mass is 10.1. The highest BCUT2D eigenvalue weighted by Gasteiger charge is 2.30. The van der Waals surface area contributed by atoms with Gasteiger partial charge in [0.05, 0.1) is 10.6 Å². The zero-order valence-corrected chi connectivity index (χ0v) is 10.2. The van der Waals surface area contributed by atoms with Crippen LogP contribution in [0, 0.1) is 5.41 Å². The lowest BCUT2D eigenvalue weighted by molar-refractivity contribution is 0.265. The predicted octanol–water partition coefficient (Wildman–Crippen LogP) is 2.07. The standard InChI is InChI=1S/C11H7N3OS2/c12-9-6-4-2-1-3-5(6)7(13-9)8-10(16)14-11(15)17-8/h1-4H,(H2,12,13)(H,14,15,16)/b8-7+. The molecule has 0 aliphatic carbocycles. The van der Waals surface area contributed by atoms with Crippen LogP contribution in [-0.4, -0.2) is 16.1 Å². The van der Waals surface area contributed by atoms with Gasteiger partial charge in [-0.25, -0.2) is 0 Å². The number of carbonyl (C=O) groups excluding carboxylic acids is 1. The van der Waals surface area contributed by atoms with Crippen molar-refractivity contribution >= 4 is 45.7 Å². The van der Waals surface area contributed by atoms with Crippen LogP contribution in [0.2, 0.25) is 0 Å². The van der Waals surface area contributed by atoms with Crippen molar-refractivity contribution in [3.63, 3.8) is 0 Å². The first-order valence-electron chi connectivity index (χ1n) is 4.89. The molecular formula is C11H7N3OS2. The Bertz CT molecular complexity index is 606. The first-order valence-corrected chi connectivity index (χ1v) is 6.12. The van der Waals surface area contributed by atoms with Crippen molar-refractivity contribution in [3.05, 3.63) is 40.3 Å². The number of rotatable bonds is 0. The van der Waals surface area contributed by atoms with E-state index in [2.05, 4.69) is 10.6 Å². The van der Waals surface area contributed by atoms with Crippen LogP contribution in [0.15, 0.2) is 29.2 Å². The highest BCUT2D eigenvalue weighted by Crippen LogP contribution is 2.35. The van der Waals surface area contributed by atoms with Gasteiger partial charge in [0.1, 0.15) is 10.8 Å². The third-order valence-corrected chi connectivity index (χ3v) is 3.89. The largest absolute Gasteiger partial charge is 0.339 e. The lowest BCUT2D eigenvalue weighted by Gasteiger charge is -2.03. The summed E-state index contributed by atoms with van der Waals surface area (Å²) < 4.78 is 0. The van der Waals surface area contributed by atoms with Crippen LogP contribution in [0.5, 0.6) is 0 Å². The number of carbonyl (C=O) groups is 1. The van der Waals surface area contributed by atoms with Crippen LogP contribution in [0.1, 0.15) is 11.1 Å². The molecule has 2 aliphatic heterocycles. The summed E-state index contributed by atoms with van der Waals surface area (Å²) in [6.07, 6.45) is 0. The van der Waals surface area contributed by atoms with Gasteiger partial charge in [0.15, 0.2) is 0 Å². The Labute approximate surface area is 107 Å². The van der Waals surface area contributed by atoms with E-state index < -0.39 is 0 Å². The maximum Gasteiger partial charge on any atom is 0.289 e. The van der Waals surface area contributed by atoms with Crippen molar-refractivity contribution in [2.45, 2.75) is 0 Å². The Morgan fingerprint density at radius 1 is 1.18 bits per heavy atom. The molecule has 0 saturated carbocycles. The number of thiocarbonyl (C=S) groups is 1. The molecule has 1 amide bonds. The van der Waals surface area contributed by atoms with Gasteiger partial charge in [0.2, 0.25) is 0 Å². The third kappa shape index (κ3) is 1.57. The molecule has 0 aromatic heterocycles. The Morgan fingerprint density at radius 3 is 2.53 bits per heavy atom. The summed E-state index contributed by atoms with van der Waals surface area (Å²) >= 11 is 6.17. The average molecular weight is 261 g/mol. The van der Waals surface area contributed by atoms with Gasteiger partial charge in [-0.15, -0.1) is 0 Å². The molecule has 0 atom stereocenters. The van der Waals surface area contributed by atoms with Gasteiger partial charge in [-0.3, -0.25) is 10.2 Å². The summed E-state index contributed by atoms with van der Waals surface area (Å²) in [5, 5.41) is 13.2. The predicted molar refractivity (Wildman–Crippen MR) is 72.0 cm³/mol. The molecule has 0 spiro atoms. The summed E-state index contributed by atoms with van der Waals surface area (Å²) in [7, 11) is 0. The molecule has 0 radical (unpaired) electrons. The smallest absolute Gasteiger partial charge is 0.289 e. The topological polar surface area (TPSA) is 65.0 Å². The fourth-order valence-corrected chi connectivity index (χ4v) is 2.97. The van der Waals surface area contributed by atoms with E-state index in [1.807, 2.05) is 24.3 Å². The quantitative estimate of drug-likeness (QED) is 0.494. The van der Waals surface area contributed by atoms with Gasteiger partial charge >= 0.3 is 0 Å². The fraction of sp³-hybridized carbons (Fsp3) is 0. The number of amidine groups is 1. The number of hydrogen-bond acceptors (Lipinski definition) is 4. The molecule has 0 bridgehead atoms. The SMILES string of the molecule is N=C1N/C(=C2/SC(=O)NC2=S)c2ccccc21. The summed E-state index contributed by atoms with van der Waals surface area (Å²) in [5.74, 6) is 0.339. The van der Waals surface area contributed by atoms with E-state index in [4.69, 9.17) is 17.6 Å². The van der Waals surface area contributed by atoms with E-state index in [9.17, 15) is 4.79 Å². The Kier molecular flexibility index (Phi) is 2.27. The van der Waals surface area contributed by atoms with Crippen molar-refractivity contribution in [3.8, 4) is 0 Å². The molecule has 1 saturated heterocycles. The fourth-order valence-electron chi connectivity index (χ4n) is 1.84. The molecule has 1 aromatic carbocycles. The molecule has 3 N–H and O–H groups in total. The molecule has 17 heavy (non-hydrogen) atoms. The normalized spacial score (nSPS) is 22.5. The maximum atomic E-state index is 11.3. The number of amides is 1. The molecule has 3 rings (SSSR count). The molecule has 84 valence electrons. The van der Waals surface area contributed by atoms with Crippen LogP contribution in [0.25, 0.3) is 5.70 Å². The molecule has 0 unspecified atom stereocenters. The summed E-state index contributed by atoms with van der Waals surface area (Å²) in [6.45, 7) is 0. The molecule has 1 aromatic rings. The highest BCUT2D eigenvalue weighted by atomic mass is 32.2. The zero-order valence-electron chi connectivity index (χ0n) is 8.53. The van der Waals surface area contributed by atoms with Crippen LogP contribution in [0.3, 0.4) is 0 Å². The van der Waals surface area contributed by atoms with Crippen molar-refractivity contribution in [1.29, 1.82) is 5.41 Å². The summed E-state index contributed by atoms with van der Waals surface area (Å²) in [6, 6.07) is 7.57. The van der Waals surface area contributed by atoms with Crippen molar-refractivity contribution in [2.24, 2.45) is 0 Å². The molecule has 1 fully saturated rings. The van der Waals surface area contributed by atoms with Crippen molar-refractivity contribution in [2.75, 3.05) is 0 Å². The summed E-state index contributed by atoms with van der Waals surface area (Å²) in [5.41, 5.74) is 2.50. The van der Waals surface area contributed by atoms with Gasteiger partial charge in [-0.1, -0.05) is 36.5 Å². The Morgan fingerprint density at radius 2 is 1.88 bits per heavy atom. The number of hydrogen-bond donors (Lipinski definition) is 3. The first kappa shape index (κ1) is 10.5. The average Bonchev–Trinajstić information content (AvgIpc) is 2.80. The van der Waals surface area contributed by atoms with Crippen molar-refractivity contribution in [1.82, 2.24) is 10.6 Å². The third-order valence-electron chi connectivity index (χ3n) is 2.56. The van der Waals surface area contributed by atoms with E-state index in [0.717, 1.165) is 28.6 Å². The van der Waals surface area contributed by atoms with E-state index in [1.54, 1.807) is 0 Å². The second kappa shape index (κ2) is 3.68. The summed E-state index contributed by atoms with van der Waals surface area (Å²) in [4.78, 5) is 12.4. The van der Waals surface area contributed by atoms with E-state index in [0.29, 0.717) is 15.7 Å². The van der Waals surface area contributed by atoms with Gasteiger partial charge in [-0.2, -0.15) is 0 Å². The minimum atomic E-state index is -0.171. The first-order chi connectivity index (χ1) is 8.16. The number of nitrogens with one attached hydrogen (secondary N) is 3. The minimum Gasteiger partial charge on any atom is -0.339 e. The lowest BCUT2D eigenvalue weighted by Crippen LogP contribution is -2.18. The monoisotopic (exact) mass is 261 g/mol. The number of benzene rings is 1. The van der Waals surface area contributed by atoms with Gasteiger partial charge in [-0.05, 0) is 11.8 Å². The molecule has 2 aliphatic rings. The van der Waals surface area contributed by atoms with Crippen LogP contribution < -0.4 is 10.6 Å². The van der Waals surface area contributed by atoms with Crippen molar-refractivity contribution < 1.29 is 4.79 Å². The molecular weight excluding hydrogens is 254 g/mol. The van der Waals surface area contributed by atoms with Crippen LogP contribution in [-0.2, 0) is 0 Å². The molecule has 4 nitrogen and oxygen atoms in total. The second-order valence-electron chi connectivity index (χ2n) is 3.59. The van der Waals surface area contributed by atoms with E-state index >= 15 is 0 Å².